The number of pyridine rings is 1. The summed E-state index contributed by atoms with van der Waals surface area (Å²) in [7, 11) is 0. The van der Waals surface area contributed by atoms with Crippen molar-refractivity contribution in [1.82, 2.24) is 15.6 Å². The summed E-state index contributed by atoms with van der Waals surface area (Å²) < 4.78 is 10.9. The minimum Gasteiger partial charge on any atom is -0.494 e. The van der Waals surface area contributed by atoms with Gasteiger partial charge < -0.3 is 20.1 Å². The van der Waals surface area contributed by atoms with Crippen molar-refractivity contribution < 1.29 is 14.3 Å². The fraction of sp³-hybridized carbons (Fsp3) is 0.294. The van der Waals surface area contributed by atoms with Crippen molar-refractivity contribution in [2.24, 2.45) is 0 Å². The number of nitrogens with one attached hydrogen (secondary N) is 2. The lowest BCUT2D eigenvalue weighted by Crippen LogP contribution is -2.37. The van der Waals surface area contributed by atoms with E-state index < -0.39 is 0 Å². The summed E-state index contributed by atoms with van der Waals surface area (Å²) in [4.78, 5) is 15.6. The number of carbonyl (C=O) groups excluding carboxylic acids is 1. The van der Waals surface area contributed by atoms with Crippen LogP contribution in [0.3, 0.4) is 0 Å². The zero-order valence-electron chi connectivity index (χ0n) is 13.1. The standard InChI is InChI=1S/C17H21N3O3/c1-2-22-15-3-5-16(6-4-15)23-12-11-19-17(21)20-13-14-7-9-18-10-8-14/h3-10H,2,11-13H2,1H3,(H2,19,20,21). The van der Waals surface area contributed by atoms with Crippen molar-refractivity contribution in [2.75, 3.05) is 19.8 Å². The molecule has 6 heteroatoms. The van der Waals surface area contributed by atoms with Crippen LogP contribution >= 0.6 is 0 Å². The highest BCUT2D eigenvalue weighted by molar-refractivity contribution is 5.73. The Kier molecular flexibility index (Phi) is 6.71. The second kappa shape index (κ2) is 9.30. The highest BCUT2D eigenvalue weighted by Gasteiger charge is 2.00. The Bertz CT molecular complexity index is 588. The summed E-state index contributed by atoms with van der Waals surface area (Å²) in [5, 5.41) is 5.51. The van der Waals surface area contributed by atoms with E-state index in [2.05, 4.69) is 15.6 Å². The molecule has 0 unspecified atom stereocenters. The van der Waals surface area contributed by atoms with E-state index in [9.17, 15) is 4.79 Å². The SMILES string of the molecule is CCOc1ccc(OCCNC(=O)NCc2ccncc2)cc1. The van der Waals surface area contributed by atoms with E-state index in [0.29, 0.717) is 26.3 Å². The van der Waals surface area contributed by atoms with Gasteiger partial charge in [-0.1, -0.05) is 0 Å². The van der Waals surface area contributed by atoms with Crippen LogP contribution in [0.15, 0.2) is 48.8 Å². The normalized spacial score (nSPS) is 9.96. The maximum Gasteiger partial charge on any atom is 0.315 e. The average Bonchev–Trinajstić information content (AvgIpc) is 2.59. The number of hydrogen-bond acceptors (Lipinski definition) is 4. The molecule has 6 nitrogen and oxygen atoms in total. The topological polar surface area (TPSA) is 72.5 Å². The molecular weight excluding hydrogens is 294 g/mol. The van der Waals surface area contributed by atoms with Gasteiger partial charge in [-0.25, -0.2) is 4.79 Å². The summed E-state index contributed by atoms with van der Waals surface area (Å²) in [6, 6.07) is 10.9. The van der Waals surface area contributed by atoms with Crippen LogP contribution in [0.4, 0.5) is 4.79 Å². The van der Waals surface area contributed by atoms with E-state index >= 15 is 0 Å². The van der Waals surface area contributed by atoms with Crippen LogP contribution < -0.4 is 20.1 Å². The van der Waals surface area contributed by atoms with E-state index in [0.717, 1.165) is 17.1 Å². The van der Waals surface area contributed by atoms with Crippen LogP contribution in [0.2, 0.25) is 0 Å². The molecule has 1 heterocycles. The highest BCUT2D eigenvalue weighted by atomic mass is 16.5. The molecule has 1 aromatic carbocycles. The first-order valence-electron chi connectivity index (χ1n) is 7.54. The number of urea groups is 1. The van der Waals surface area contributed by atoms with Gasteiger partial charge in [-0.3, -0.25) is 4.98 Å². The molecule has 0 atom stereocenters. The van der Waals surface area contributed by atoms with Crippen LogP contribution in [-0.2, 0) is 6.54 Å². The van der Waals surface area contributed by atoms with Gasteiger partial charge in [-0.2, -0.15) is 0 Å². The van der Waals surface area contributed by atoms with Crippen LogP contribution in [0, 0.1) is 0 Å². The molecule has 122 valence electrons. The molecule has 0 saturated heterocycles. The number of carbonyl (C=O) groups is 1. The number of hydrogen-bond donors (Lipinski definition) is 2. The summed E-state index contributed by atoms with van der Waals surface area (Å²) in [5.74, 6) is 1.56. The van der Waals surface area contributed by atoms with Gasteiger partial charge in [-0.05, 0) is 48.9 Å². The van der Waals surface area contributed by atoms with Gasteiger partial charge in [0.2, 0.25) is 0 Å². The predicted molar refractivity (Wildman–Crippen MR) is 87.6 cm³/mol. The number of aromatic nitrogens is 1. The third-order valence-corrected chi connectivity index (χ3v) is 2.99. The molecule has 2 aromatic rings. The van der Waals surface area contributed by atoms with E-state index in [1.54, 1.807) is 12.4 Å². The predicted octanol–water partition coefficient (Wildman–Crippen LogP) is 2.36. The second-order valence-electron chi connectivity index (χ2n) is 4.72. The molecule has 0 spiro atoms. The van der Waals surface area contributed by atoms with E-state index in [4.69, 9.17) is 9.47 Å². The molecule has 2 rings (SSSR count). The molecule has 2 amide bonds. The fourth-order valence-corrected chi connectivity index (χ4v) is 1.88. The molecule has 23 heavy (non-hydrogen) atoms. The Hall–Kier alpha value is -2.76. The van der Waals surface area contributed by atoms with Crippen molar-refractivity contribution in [3.05, 3.63) is 54.4 Å². The van der Waals surface area contributed by atoms with Gasteiger partial charge >= 0.3 is 6.03 Å². The molecular formula is C17H21N3O3. The Labute approximate surface area is 135 Å². The first-order chi connectivity index (χ1) is 11.3. The first-order valence-corrected chi connectivity index (χ1v) is 7.54. The summed E-state index contributed by atoms with van der Waals surface area (Å²) in [5.41, 5.74) is 1.00. The van der Waals surface area contributed by atoms with Gasteiger partial charge in [0, 0.05) is 18.9 Å². The molecule has 0 fully saturated rings. The zero-order valence-corrected chi connectivity index (χ0v) is 13.1. The fourth-order valence-electron chi connectivity index (χ4n) is 1.88. The number of ether oxygens (including phenoxy) is 2. The lowest BCUT2D eigenvalue weighted by atomic mass is 10.3. The number of amides is 2. The van der Waals surface area contributed by atoms with Gasteiger partial charge in [0.15, 0.2) is 0 Å². The molecule has 0 aliphatic heterocycles. The maximum atomic E-state index is 11.6. The molecule has 0 aliphatic rings. The number of nitrogens with zero attached hydrogens (tertiary/aromatic N) is 1. The Balaban J connectivity index is 1.60. The summed E-state index contributed by atoms with van der Waals surface area (Å²) in [6.45, 7) is 3.87. The minimum absolute atomic E-state index is 0.225. The summed E-state index contributed by atoms with van der Waals surface area (Å²) in [6.07, 6.45) is 3.39. The highest BCUT2D eigenvalue weighted by Crippen LogP contribution is 2.17. The van der Waals surface area contributed by atoms with Gasteiger partial charge in [0.05, 0.1) is 13.2 Å². The van der Waals surface area contributed by atoms with Crippen molar-refractivity contribution in [1.29, 1.82) is 0 Å². The molecule has 0 aliphatic carbocycles. The molecule has 2 N–H and O–H groups in total. The zero-order chi connectivity index (χ0) is 16.3. The van der Waals surface area contributed by atoms with Crippen molar-refractivity contribution in [2.45, 2.75) is 13.5 Å². The van der Waals surface area contributed by atoms with Gasteiger partial charge in [0.1, 0.15) is 18.1 Å². The third kappa shape index (κ3) is 6.25. The van der Waals surface area contributed by atoms with Crippen LogP contribution in [-0.4, -0.2) is 30.8 Å². The lowest BCUT2D eigenvalue weighted by molar-refractivity contribution is 0.236. The first kappa shape index (κ1) is 16.6. The number of rotatable bonds is 8. The van der Waals surface area contributed by atoms with E-state index in [1.807, 2.05) is 43.3 Å². The number of benzene rings is 1. The maximum absolute atomic E-state index is 11.6. The largest absolute Gasteiger partial charge is 0.494 e. The van der Waals surface area contributed by atoms with Crippen molar-refractivity contribution in [3.63, 3.8) is 0 Å². The Morgan fingerprint density at radius 3 is 2.30 bits per heavy atom. The third-order valence-electron chi connectivity index (χ3n) is 2.99. The Morgan fingerprint density at radius 1 is 1.00 bits per heavy atom. The van der Waals surface area contributed by atoms with E-state index in [-0.39, 0.29) is 6.03 Å². The van der Waals surface area contributed by atoms with Gasteiger partial charge in [-0.15, -0.1) is 0 Å². The summed E-state index contributed by atoms with van der Waals surface area (Å²) >= 11 is 0. The average molecular weight is 315 g/mol. The van der Waals surface area contributed by atoms with Crippen LogP contribution in [0.25, 0.3) is 0 Å². The lowest BCUT2D eigenvalue weighted by Gasteiger charge is -2.09. The molecule has 1 aromatic heterocycles. The monoisotopic (exact) mass is 315 g/mol. The van der Waals surface area contributed by atoms with Crippen LogP contribution in [0.5, 0.6) is 11.5 Å². The smallest absolute Gasteiger partial charge is 0.315 e. The second-order valence-corrected chi connectivity index (χ2v) is 4.72. The molecule has 0 bridgehead atoms. The van der Waals surface area contributed by atoms with Gasteiger partial charge in [0.25, 0.3) is 0 Å². The molecule has 0 radical (unpaired) electrons. The minimum atomic E-state index is -0.225. The quantitative estimate of drug-likeness (QED) is 0.734. The van der Waals surface area contributed by atoms with E-state index in [1.165, 1.54) is 0 Å². The van der Waals surface area contributed by atoms with Crippen molar-refractivity contribution >= 4 is 6.03 Å². The molecule has 0 saturated carbocycles. The van der Waals surface area contributed by atoms with Crippen LogP contribution in [0.1, 0.15) is 12.5 Å². The van der Waals surface area contributed by atoms with Crippen molar-refractivity contribution in [3.8, 4) is 11.5 Å². The Morgan fingerprint density at radius 2 is 1.65 bits per heavy atom.